The lowest BCUT2D eigenvalue weighted by molar-refractivity contribution is -0.155. The van der Waals surface area contributed by atoms with Crippen molar-refractivity contribution in [3.05, 3.63) is 81.2 Å². The van der Waals surface area contributed by atoms with Crippen molar-refractivity contribution in [2.75, 3.05) is 0 Å². The van der Waals surface area contributed by atoms with Crippen molar-refractivity contribution in [1.29, 1.82) is 0 Å². The van der Waals surface area contributed by atoms with Gasteiger partial charge in [0.15, 0.2) is 9.84 Å². The second kappa shape index (κ2) is 12.8. The van der Waals surface area contributed by atoms with Crippen molar-refractivity contribution in [3.63, 3.8) is 0 Å². The predicted molar refractivity (Wildman–Crippen MR) is 174 cm³/mol. The Morgan fingerprint density at radius 2 is 1.67 bits per heavy atom. The molecule has 1 saturated heterocycles. The topological polar surface area (TPSA) is 94.9 Å². The minimum atomic E-state index is -3.51. The number of hydrogen-bond donors (Lipinski definition) is 2. The Kier molecular flexibility index (Phi) is 10.1. The van der Waals surface area contributed by atoms with Crippen LogP contribution in [0.25, 0.3) is 0 Å². The third kappa shape index (κ3) is 6.86. The minimum absolute atomic E-state index is 0.101. The summed E-state index contributed by atoms with van der Waals surface area (Å²) in [5.41, 5.74) is 0.272. The number of benzene rings is 2. The molecule has 6 nitrogen and oxygen atoms in total. The number of rotatable bonds is 9. The van der Waals surface area contributed by atoms with Crippen molar-refractivity contribution < 1.29 is 23.4 Å². The highest BCUT2D eigenvalue weighted by atomic mass is 35.5. The Balaban J connectivity index is 1.89. The number of sulfone groups is 1. The SMILES string of the molecule is CC[C@@H](/C=C/S(=O)(=O)C(C)C)N1C(=O)[C@@](C)(CC2CC(O)C(C)(C)C2O)C[C@H](c2cccc(Cl)c2)[C@H]1c1ccc(Cl)cc1. The number of amides is 1. The van der Waals surface area contributed by atoms with E-state index in [-0.39, 0.29) is 17.7 Å². The predicted octanol–water partition coefficient (Wildman–Crippen LogP) is 7.33. The summed E-state index contributed by atoms with van der Waals surface area (Å²) in [6.07, 6.45) is 1.98. The highest BCUT2D eigenvalue weighted by Gasteiger charge is 2.55. The van der Waals surface area contributed by atoms with Crippen LogP contribution in [-0.4, -0.2) is 52.9 Å². The van der Waals surface area contributed by atoms with Crippen molar-refractivity contribution in [3.8, 4) is 0 Å². The average Bonchev–Trinajstić information content (AvgIpc) is 3.13. The summed E-state index contributed by atoms with van der Waals surface area (Å²) < 4.78 is 25.7. The molecule has 2 N–H and O–H groups in total. The van der Waals surface area contributed by atoms with Crippen LogP contribution in [-0.2, 0) is 14.6 Å². The molecule has 0 radical (unpaired) electrons. The van der Waals surface area contributed by atoms with Gasteiger partial charge in [-0.2, -0.15) is 0 Å². The van der Waals surface area contributed by atoms with Gasteiger partial charge in [0.2, 0.25) is 5.91 Å². The summed E-state index contributed by atoms with van der Waals surface area (Å²) in [5, 5.41) is 23.8. The second-order valence-corrected chi connectivity index (χ2v) is 16.8. The maximum absolute atomic E-state index is 14.9. The van der Waals surface area contributed by atoms with Crippen LogP contribution in [0.3, 0.4) is 0 Å². The van der Waals surface area contributed by atoms with E-state index in [0.29, 0.717) is 35.7 Å². The maximum Gasteiger partial charge on any atom is 0.229 e. The van der Waals surface area contributed by atoms with Crippen LogP contribution in [0.2, 0.25) is 10.0 Å². The first-order chi connectivity index (χ1) is 20.0. The molecular weight excluding hydrogens is 605 g/mol. The van der Waals surface area contributed by atoms with Gasteiger partial charge in [-0.3, -0.25) is 4.79 Å². The molecule has 236 valence electrons. The molecule has 2 fully saturated rings. The lowest BCUT2D eigenvalue weighted by atomic mass is 9.64. The number of hydrogen-bond acceptors (Lipinski definition) is 5. The summed E-state index contributed by atoms with van der Waals surface area (Å²) in [4.78, 5) is 16.7. The molecule has 7 atom stereocenters. The molecule has 0 bridgehead atoms. The van der Waals surface area contributed by atoms with E-state index in [1.54, 1.807) is 32.1 Å². The Bertz CT molecular complexity index is 1440. The summed E-state index contributed by atoms with van der Waals surface area (Å²) >= 11 is 12.8. The van der Waals surface area contributed by atoms with E-state index in [0.717, 1.165) is 11.1 Å². The standard InChI is InChI=1S/C34H45Cl2NO5S/c1-7-27(15-16-43(41,42)21(2)3)37-30(22-11-13-25(35)14-12-22)28(23-9-8-10-26(36)17-23)20-34(6,32(37)40)19-24-18-29(38)33(4,5)31(24)39/h8-17,21,24,27-31,38-39H,7,18-20H2,1-6H3/b16-15+/t24?,27-,28+,29?,30+,31?,34-/m0/s1. The number of halogens is 2. The second-order valence-electron chi connectivity index (χ2n) is 13.6. The van der Waals surface area contributed by atoms with Gasteiger partial charge in [-0.1, -0.05) is 81.2 Å². The number of nitrogens with zero attached hydrogens (tertiary/aromatic N) is 1. The first kappa shape index (κ1) is 34.0. The molecule has 1 aliphatic carbocycles. The molecule has 3 unspecified atom stereocenters. The van der Waals surface area contributed by atoms with Crippen LogP contribution >= 0.6 is 23.2 Å². The van der Waals surface area contributed by atoms with E-state index in [9.17, 15) is 23.4 Å². The van der Waals surface area contributed by atoms with Crippen molar-refractivity contribution >= 4 is 38.9 Å². The third-order valence-electron chi connectivity index (χ3n) is 9.82. The lowest BCUT2D eigenvalue weighted by Crippen LogP contribution is -2.56. The van der Waals surface area contributed by atoms with E-state index < -0.39 is 50.2 Å². The highest BCUT2D eigenvalue weighted by molar-refractivity contribution is 7.94. The summed E-state index contributed by atoms with van der Waals surface area (Å²) in [6.45, 7) is 10.9. The van der Waals surface area contributed by atoms with Crippen LogP contribution in [0.1, 0.15) is 90.3 Å². The van der Waals surface area contributed by atoms with E-state index in [4.69, 9.17) is 23.2 Å². The average molecular weight is 651 g/mol. The Labute approximate surface area is 267 Å². The van der Waals surface area contributed by atoms with E-state index in [1.165, 1.54) is 5.41 Å². The molecule has 1 saturated carbocycles. The molecule has 2 aromatic rings. The van der Waals surface area contributed by atoms with Crippen LogP contribution in [0.4, 0.5) is 0 Å². The summed E-state index contributed by atoms with van der Waals surface area (Å²) in [5.74, 6) is -0.566. The van der Waals surface area contributed by atoms with Gasteiger partial charge in [0, 0.05) is 32.2 Å². The lowest BCUT2D eigenvalue weighted by Gasteiger charge is -2.52. The van der Waals surface area contributed by atoms with Crippen LogP contribution in [0.5, 0.6) is 0 Å². The molecule has 2 aliphatic rings. The third-order valence-corrected chi connectivity index (χ3v) is 12.2. The van der Waals surface area contributed by atoms with Crippen molar-refractivity contribution in [2.45, 2.75) is 103 Å². The van der Waals surface area contributed by atoms with E-state index in [1.807, 2.05) is 69.0 Å². The molecule has 0 spiro atoms. The number of carbonyl (C=O) groups excluding carboxylic acids is 1. The Hall–Kier alpha value is -1.90. The van der Waals surface area contributed by atoms with Gasteiger partial charge in [0.25, 0.3) is 0 Å². The number of piperidine rings is 1. The van der Waals surface area contributed by atoms with Crippen molar-refractivity contribution in [2.24, 2.45) is 16.7 Å². The van der Waals surface area contributed by atoms with Gasteiger partial charge in [0.05, 0.1) is 29.5 Å². The zero-order valence-electron chi connectivity index (χ0n) is 25.9. The van der Waals surface area contributed by atoms with Gasteiger partial charge in [-0.05, 0) is 80.8 Å². The molecule has 9 heteroatoms. The van der Waals surface area contributed by atoms with E-state index in [2.05, 4.69) is 0 Å². The van der Waals surface area contributed by atoms with Gasteiger partial charge < -0.3 is 15.1 Å². The molecule has 4 rings (SSSR count). The van der Waals surface area contributed by atoms with Gasteiger partial charge in [-0.25, -0.2) is 8.42 Å². The van der Waals surface area contributed by atoms with Crippen LogP contribution in [0, 0.1) is 16.7 Å². The number of aliphatic hydroxyl groups is 2. The van der Waals surface area contributed by atoms with E-state index >= 15 is 0 Å². The first-order valence-corrected chi connectivity index (χ1v) is 17.5. The zero-order valence-corrected chi connectivity index (χ0v) is 28.2. The molecule has 1 heterocycles. The largest absolute Gasteiger partial charge is 0.392 e. The summed E-state index contributed by atoms with van der Waals surface area (Å²) in [6, 6.07) is 14.2. The van der Waals surface area contributed by atoms with Crippen LogP contribution in [0.15, 0.2) is 60.0 Å². The van der Waals surface area contributed by atoms with Crippen molar-refractivity contribution in [1.82, 2.24) is 4.90 Å². The highest BCUT2D eigenvalue weighted by Crippen LogP contribution is 2.55. The maximum atomic E-state index is 14.9. The number of aliphatic hydroxyl groups excluding tert-OH is 2. The minimum Gasteiger partial charge on any atom is -0.392 e. The quantitative estimate of drug-likeness (QED) is 0.297. The Morgan fingerprint density at radius 1 is 1.02 bits per heavy atom. The smallest absolute Gasteiger partial charge is 0.229 e. The van der Waals surface area contributed by atoms with Gasteiger partial charge >= 0.3 is 0 Å². The summed E-state index contributed by atoms with van der Waals surface area (Å²) in [7, 11) is -3.51. The van der Waals surface area contributed by atoms with Crippen LogP contribution < -0.4 is 0 Å². The molecular formula is C34H45Cl2NO5S. The molecule has 2 aromatic carbocycles. The normalized spacial score (nSPS) is 30.3. The molecule has 1 amide bonds. The van der Waals surface area contributed by atoms with Gasteiger partial charge in [-0.15, -0.1) is 0 Å². The zero-order chi connectivity index (χ0) is 31.9. The number of likely N-dealkylation sites (tertiary alicyclic amines) is 1. The first-order valence-electron chi connectivity index (χ1n) is 15.1. The molecule has 1 aliphatic heterocycles. The monoisotopic (exact) mass is 649 g/mol. The molecule has 0 aromatic heterocycles. The number of carbonyl (C=O) groups is 1. The Morgan fingerprint density at radius 3 is 2.21 bits per heavy atom. The fraction of sp³-hybridized carbons (Fsp3) is 0.559. The fourth-order valence-corrected chi connectivity index (χ4v) is 8.05. The van der Waals surface area contributed by atoms with Gasteiger partial charge in [0.1, 0.15) is 0 Å². The molecule has 43 heavy (non-hydrogen) atoms. The fourth-order valence-electron chi connectivity index (χ4n) is 7.01.